The van der Waals surface area contributed by atoms with Crippen LogP contribution < -0.4 is 5.32 Å². The monoisotopic (exact) mass is 202 g/mol. The molecule has 0 unspecified atom stereocenters. The standard InChI is InChI=1S/C5H9NO.C4H9NO2/c1-6-4-2-3-5(6)7;1-3-7-4(6)5-2/h2-4H2,1H3;3H2,1-2H3,(H,5,6). The van der Waals surface area contributed by atoms with Gasteiger partial charge in [-0.05, 0) is 13.3 Å². The summed E-state index contributed by atoms with van der Waals surface area (Å²) >= 11 is 0. The van der Waals surface area contributed by atoms with Gasteiger partial charge in [-0.15, -0.1) is 0 Å². The van der Waals surface area contributed by atoms with Gasteiger partial charge in [0.05, 0.1) is 6.61 Å². The number of carbonyl (C=O) groups excluding carboxylic acids is 2. The molecule has 0 atom stereocenters. The number of rotatable bonds is 1. The quantitative estimate of drug-likeness (QED) is 0.677. The van der Waals surface area contributed by atoms with Crippen LogP contribution in [0.25, 0.3) is 0 Å². The van der Waals surface area contributed by atoms with Crippen LogP contribution in [0.3, 0.4) is 0 Å². The molecule has 0 saturated carbocycles. The Hall–Kier alpha value is -1.26. The van der Waals surface area contributed by atoms with Crippen LogP contribution in [-0.2, 0) is 9.53 Å². The van der Waals surface area contributed by atoms with Gasteiger partial charge >= 0.3 is 6.09 Å². The fraction of sp³-hybridized carbons (Fsp3) is 0.778. The number of nitrogens with zero attached hydrogens (tertiary/aromatic N) is 1. The van der Waals surface area contributed by atoms with Gasteiger partial charge < -0.3 is 15.0 Å². The normalized spacial score (nSPS) is 14.5. The average Bonchev–Trinajstić information content (AvgIpc) is 2.52. The summed E-state index contributed by atoms with van der Waals surface area (Å²) in [6, 6.07) is 0. The van der Waals surface area contributed by atoms with Crippen molar-refractivity contribution < 1.29 is 14.3 Å². The Kier molecular flexibility index (Phi) is 6.53. The van der Waals surface area contributed by atoms with Crippen LogP contribution in [0, 0.1) is 0 Å². The van der Waals surface area contributed by atoms with E-state index in [1.54, 1.807) is 11.8 Å². The highest BCUT2D eigenvalue weighted by Gasteiger charge is 2.14. The maximum absolute atomic E-state index is 10.5. The van der Waals surface area contributed by atoms with Crippen LogP contribution in [0.2, 0.25) is 0 Å². The first-order valence-corrected chi connectivity index (χ1v) is 4.70. The molecule has 1 heterocycles. The molecule has 0 aliphatic carbocycles. The van der Waals surface area contributed by atoms with E-state index in [2.05, 4.69) is 10.1 Å². The lowest BCUT2D eigenvalue weighted by atomic mass is 10.4. The molecule has 2 amide bonds. The third-order valence-electron chi connectivity index (χ3n) is 1.79. The van der Waals surface area contributed by atoms with E-state index < -0.39 is 0 Å². The van der Waals surface area contributed by atoms with Crippen LogP contribution in [0.15, 0.2) is 0 Å². The number of hydrogen-bond acceptors (Lipinski definition) is 3. The first kappa shape index (κ1) is 12.7. The predicted molar refractivity (Wildman–Crippen MR) is 53.0 cm³/mol. The van der Waals surface area contributed by atoms with Crippen molar-refractivity contribution in [2.75, 3.05) is 27.2 Å². The number of hydrogen-bond donors (Lipinski definition) is 1. The topological polar surface area (TPSA) is 58.6 Å². The molecule has 14 heavy (non-hydrogen) atoms. The van der Waals surface area contributed by atoms with Gasteiger partial charge in [-0.3, -0.25) is 4.79 Å². The van der Waals surface area contributed by atoms with E-state index in [4.69, 9.17) is 0 Å². The highest BCUT2D eigenvalue weighted by atomic mass is 16.5. The molecule has 0 spiro atoms. The fourth-order valence-corrected chi connectivity index (χ4v) is 0.986. The van der Waals surface area contributed by atoms with Gasteiger partial charge in [0, 0.05) is 27.1 Å². The zero-order valence-corrected chi connectivity index (χ0v) is 9.00. The van der Waals surface area contributed by atoms with Crippen molar-refractivity contribution in [3.05, 3.63) is 0 Å². The summed E-state index contributed by atoms with van der Waals surface area (Å²) in [5, 5.41) is 2.30. The van der Waals surface area contributed by atoms with Gasteiger partial charge in [-0.1, -0.05) is 0 Å². The number of ether oxygens (including phenoxy) is 1. The first-order valence-electron chi connectivity index (χ1n) is 4.70. The van der Waals surface area contributed by atoms with E-state index in [1.165, 1.54) is 7.05 Å². The number of nitrogens with one attached hydrogen (secondary N) is 1. The SMILES string of the molecule is CCOC(=O)NC.CN1CCCC1=O. The molecule has 5 nitrogen and oxygen atoms in total. The molecular formula is C9H18N2O3. The van der Waals surface area contributed by atoms with Gasteiger partial charge in [-0.25, -0.2) is 4.79 Å². The van der Waals surface area contributed by atoms with Crippen molar-refractivity contribution in [3.63, 3.8) is 0 Å². The number of carbonyl (C=O) groups is 2. The fourth-order valence-electron chi connectivity index (χ4n) is 0.986. The van der Waals surface area contributed by atoms with Crippen LogP contribution in [-0.4, -0.2) is 44.1 Å². The van der Waals surface area contributed by atoms with Gasteiger partial charge in [0.2, 0.25) is 5.91 Å². The summed E-state index contributed by atoms with van der Waals surface area (Å²) in [6.07, 6.45) is 1.44. The molecule has 0 aromatic heterocycles. The lowest BCUT2D eigenvalue weighted by Crippen LogP contribution is -2.18. The molecule has 82 valence electrons. The van der Waals surface area contributed by atoms with Crippen LogP contribution >= 0.6 is 0 Å². The number of likely N-dealkylation sites (tertiary alicyclic amines) is 1. The smallest absolute Gasteiger partial charge is 0.406 e. The molecule has 0 radical (unpaired) electrons. The maximum Gasteiger partial charge on any atom is 0.406 e. The largest absolute Gasteiger partial charge is 0.450 e. The maximum atomic E-state index is 10.5. The van der Waals surface area contributed by atoms with Crippen LogP contribution in [0.5, 0.6) is 0 Å². The summed E-state index contributed by atoms with van der Waals surface area (Å²) in [4.78, 5) is 22.3. The highest BCUT2D eigenvalue weighted by Crippen LogP contribution is 2.04. The summed E-state index contributed by atoms with van der Waals surface area (Å²) in [5.41, 5.74) is 0. The number of alkyl carbamates (subject to hydrolysis) is 1. The second-order valence-electron chi connectivity index (χ2n) is 2.89. The molecule has 1 fully saturated rings. The van der Waals surface area contributed by atoms with Crippen LogP contribution in [0.4, 0.5) is 4.79 Å². The van der Waals surface area contributed by atoms with E-state index in [-0.39, 0.29) is 6.09 Å². The average molecular weight is 202 g/mol. The van der Waals surface area contributed by atoms with E-state index in [0.29, 0.717) is 12.5 Å². The Morgan fingerprint density at radius 2 is 2.29 bits per heavy atom. The molecule has 5 heteroatoms. The second kappa shape index (κ2) is 7.17. The van der Waals surface area contributed by atoms with Crippen molar-refractivity contribution in [2.45, 2.75) is 19.8 Å². The molecule has 1 saturated heterocycles. The van der Waals surface area contributed by atoms with Crippen molar-refractivity contribution in [1.82, 2.24) is 10.2 Å². The third-order valence-corrected chi connectivity index (χ3v) is 1.79. The minimum atomic E-state index is -0.373. The Morgan fingerprint density at radius 1 is 1.64 bits per heavy atom. The molecule has 1 rings (SSSR count). The first-order chi connectivity index (χ1) is 6.61. The molecule has 1 aliphatic heterocycles. The third kappa shape index (κ3) is 5.40. The molecule has 0 aromatic rings. The minimum Gasteiger partial charge on any atom is -0.450 e. The summed E-state index contributed by atoms with van der Waals surface area (Å²) in [6.45, 7) is 3.15. The molecular weight excluding hydrogens is 184 g/mol. The zero-order chi connectivity index (χ0) is 11.0. The molecule has 1 aliphatic rings. The van der Waals surface area contributed by atoms with E-state index >= 15 is 0 Å². The lowest BCUT2D eigenvalue weighted by Gasteiger charge is -2.03. The highest BCUT2D eigenvalue weighted by molar-refractivity contribution is 5.77. The van der Waals surface area contributed by atoms with E-state index in [1.807, 2.05) is 7.05 Å². The van der Waals surface area contributed by atoms with E-state index in [0.717, 1.165) is 19.4 Å². The van der Waals surface area contributed by atoms with E-state index in [9.17, 15) is 9.59 Å². The van der Waals surface area contributed by atoms with Crippen LogP contribution in [0.1, 0.15) is 19.8 Å². The number of amides is 2. The Balaban J connectivity index is 0.000000241. The summed E-state index contributed by atoms with van der Waals surface area (Å²) in [7, 11) is 3.37. The minimum absolute atomic E-state index is 0.292. The van der Waals surface area contributed by atoms with Crippen molar-refractivity contribution in [1.29, 1.82) is 0 Å². The van der Waals surface area contributed by atoms with Crippen molar-refractivity contribution >= 4 is 12.0 Å². The predicted octanol–water partition coefficient (Wildman–Crippen LogP) is 0.601. The Morgan fingerprint density at radius 3 is 2.43 bits per heavy atom. The Labute approximate surface area is 84.4 Å². The summed E-state index contributed by atoms with van der Waals surface area (Å²) < 4.78 is 4.44. The lowest BCUT2D eigenvalue weighted by molar-refractivity contribution is -0.126. The Bertz CT molecular complexity index is 194. The molecule has 1 N–H and O–H groups in total. The van der Waals surface area contributed by atoms with Crippen molar-refractivity contribution in [2.24, 2.45) is 0 Å². The van der Waals surface area contributed by atoms with Gasteiger partial charge in [0.1, 0.15) is 0 Å². The van der Waals surface area contributed by atoms with Crippen molar-refractivity contribution in [3.8, 4) is 0 Å². The van der Waals surface area contributed by atoms with Gasteiger partial charge in [0.15, 0.2) is 0 Å². The van der Waals surface area contributed by atoms with Gasteiger partial charge in [0.25, 0.3) is 0 Å². The molecule has 0 bridgehead atoms. The second-order valence-corrected chi connectivity index (χ2v) is 2.89. The zero-order valence-electron chi connectivity index (χ0n) is 9.00. The molecule has 0 aromatic carbocycles. The summed E-state index contributed by atoms with van der Waals surface area (Å²) in [5.74, 6) is 0.292. The van der Waals surface area contributed by atoms with Gasteiger partial charge in [-0.2, -0.15) is 0 Å².